The van der Waals surface area contributed by atoms with Crippen LogP contribution in [0.25, 0.3) is 0 Å². The van der Waals surface area contributed by atoms with Crippen LogP contribution in [0.1, 0.15) is 303 Å². The number of hydrogen-bond acceptors (Lipinski definition) is 5. The van der Waals surface area contributed by atoms with E-state index in [4.69, 9.17) is 4.74 Å². The molecule has 0 spiro atoms. The first-order chi connectivity index (χ1) is 31.0. The van der Waals surface area contributed by atoms with Gasteiger partial charge in [0.25, 0.3) is 0 Å². The van der Waals surface area contributed by atoms with Gasteiger partial charge >= 0.3 is 5.97 Å². The van der Waals surface area contributed by atoms with Crippen LogP contribution in [0.2, 0.25) is 0 Å². The SMILES string of the molecule is CCCCCCC/C=C\CCCCCCCC(=O)OCCCCCCCCCCCCC/C=C\CCCCCCCCCC(=O)NC(CO)C(O)CCCCCCCCCCCC. The number of amides is 1. The summed E-state index contributed by atoms with van der Waals surface area (Å²) in [5, 5.41) is 23.1. The molecule has 0 aromatic rings. The highest BCUT2D eigenvalue weighted by Gasteiger charge is 2.20. The quantitative estimate of drug-likeness (QED) is 0.0321. The second-order valence-corrected chi connectivity index (χ2v) is 19.3. The van der Waals surface area contributed by atoms with Gasteiger partial charge in [-0.25, -0.2) is 0 Å². The summed E-state index contributed by atoms with van der Waals surface area (Å²) >= 11 is 0. The zero-order valence-electron chi connectivity index (χ0n) is 42.3. The van der Waals surface area contributed by atoms with Gasteiger partial charge in [-0.15, -0.1) is 0 Å². The van der Waals surface area contributed by atoms with Crippen molar-refractivity contribution in [1.82, 2.24) is 5.32 Å². The van der Waals surface area contributed by atoms with Crippen LogP contribution in [0, 0.1) is 0 Å². The predicted molar refractivity (Wildman–Crippen MR) is 273 cm³/mol. The second-order valence-electron chi connectivity index (χ2n) is 19.3. The van der Waals surface area contributed by atoms with Gasteiger partial charge in [-0.2, -0.15) is 0 Å². The lowest BCUT2D eigenvalue weighted by molar-refractivity contribution is -0.143. The minimum Gasteiger partial charge on any atom is -0.466 e. The Balaban J connectivity index is 3.40. The summed E-state index contributed by atoms with van der Waals surface area (Å²) in [7, 11) is 0. The van der Waals surface area contributed by atoms with E-state index in [0.29, 0.717) is 25.9 Å². The highest BCUT2D eigenvalue weighted by Crippen LogP contribution is 2.16. The highest BCUT2D eigenvalue weighted by molar-refractivity contribution is 5.76. The molecule has 0 bridgehead atoms. The van der Waals surface area contributed by atoms with Crippen LogP contribution in [0.4, 0.5) is 0 Å². The molecular formula is C57H109NO5. The van der Waals surface area contributed by atoms with E-state index in [1.165, 1.54) is 225 Å². The van der Waals surface area contributed by atoms with Crippen LogP contribution < -0.4 is 5.32 Å². The summed E-state index contributed by atoms with van der Waals surface area (Å²) in [6.45, 7) is 4.92. The van der Waals surface area contributed by atoms with E-state index in [9.17, 15) is 19.8 Å². The van der Waals surface area contributed by atoms with Gasteiger partial charge in [-0.05, 0) is 77.0 Å². The lowest BCUT2D eigenvalue weighted by Gasteiger charge is -2.22. The zero-order valence-corrected chi connectivity index (χ0v) is 42.3. The predicted octanol–water partition coefficient (Wildman–Crippen LogP) is 17.1. The number of aliphatic hydroxyl groups excluding tert-OH is 2. The number of rotatable bonds is 52. The van der Waals surface area contributed by atoms with E-state index in [2.05, 4.69) is 43.5 Å². The number of unbranched alkanes of at least 4 members (excludes halogenated alkanes) is 37. The molecule has 6 heteroatoms. The Morgan fingerprint density at radius 2 is 0.746 bits per heavy atom. The van der Waals surface area contributed by atoms with Crippen LogP contribution in [0.3, 0.4) is 0 Å². The summed E-state index contributed by atoms with van der Waals surface area (Å²) in [6, 6.07) is -0.544. The molecule has 0 fully saturated rings. The maximum absolute atomic E-state index is 12.4. The minimum absolute atomic E-state index is 0.00124. The number of esters is 1. The monoisotopic (exact) mass is 888 g/mol. The van der Waals surface area contributed by atoms with Gasteiger partial charge in [0.15, 0.2) is 0 Å². The van der Waals surface area contributed by atoms with Gasteiger partial charge < -0.3 is 20.3 Å². The van der Waals surface area contributed by atoms with Gasteiger partial charge in [0, 0.05) is 12.8 Å². The highest BCUT2D eigenvalue weighted by atomic mass is 16.5. The second kappa shape index (κ2) is 53.0. The molecule has 0 rings (SSSR count). The minimum atomic E-state index is -0.666. The summed E-state index contributed by atoms with van der Waals surface area (Å²) in [6.07, 6.45) is 63.1. The maximum atomic E-state index is 12.4. The number of ether oxygens (including phenoxy) is 1. The molecule has 372 valence electrons. The molecule has 63 heavy (non-hydrogen) atoms. The van der Waals surface area contributed by atoms with Crippen LogP contribution in [-0.2, 0) is 14.3 Å². The molecule has 6 nitrogen and oxygen atoms in total. The van der Waals surface area contributed by atoms with E-state index in [-0.39, 0.29) is 18.5 Å². The Morgan fingerprint density at radius 1 is 0.429 bits per heavy atom. The molecular weight excluding hydrogens is 779 g/mol. The number of hydrogen-bond donors (Lipinski definition) is 3. The first kappa shape index (κ1) is 61.3. The van der Waals surface area contributed by atoms with Crippen molar-refractivity contribution < 1.29 is 24.5 Å². The Hall–Kier alpha value is -1.66. The van der Waals surface area contributed by atoms with Gasteiger partial charge in [-0.1, -0.05) is 237 Å². The van der Waals surface area contributed by atoms with Gasteiger partial charge in [0.2, 0.25) is 5.91 Å². The fourth-order valence-electron chi connectivity index (χ4n) is 8.63. The average molecular weight is 889 g/mol. The van der Waals surface area contributed by atoms with E-state index in [1.54, 1.807) is 0 Å². The fraction of sp³-hybridized carbons (Fsp3) is 0.895. The first-order valence-corrected chi connectivity index (χ1v) is 28.1. The normalized spacial score (nSPS) is 12.8. The molecule has 1 amide bonds. The fourth-order valence-corrected chi connectivity index (χ4v) is 8.63. The van der Waals surface area contributed by atoms with Crippen molar-refractivity contribution in [3.05, 3.63) is 24.3 Å². The molecule has 0 heterocycles. The number of allylic oxidation sites excluding steroid dienone is 4. The molecule has 0 aliphatic carbocycles. The third kappa shape index (κ3) is 49.6. The molecule has 0 aromatic carbocycles. The number of carbonyl (C=O) groups excluding carboxylic acids is 2. The van der Waals surface area contributed by atoms with E-state index in [1.807, 2.05) is 0 Å². The van der Waals surface area contributed by atoms with Crippen LogP contribution >= 0.6 is 0 Å². The maximum Gasteiger partial charge on any atom is 0.305 e. The molecule has 2 atom stereocenters. The third-order valence-corrected chi connectivity index (χ3v) is 13.0. The van der Waals surface area contributed by atoms with Crippen LogP contribution in [0.15, 0.2) is 24.3 Å². The Kier molecular flexibility index (Phi) is 51.6. The van der Waals surface area contributed by atoms with Crippen LogP contribution in [0.5, 0.6) is 0 Å². The van der Waals surface area contributed by atoms with Crippen molar-refractivity contribution in [1.29, 1.82) is 0 Å². The molecule has 3 N–H and O–H groups in total. The Morgan fingerprint density at radius 3 is 1.13 bits per heavy atom. The number of carbonyl (C=O) groups is 2. The molecule has 0 aliphatic rings. The molecule has 2 unspecified atom stereocenters. The van der Waals surface area contributed by atoms with Gasteiger partial charge in [0.1, 0.15) is 0 Å². The third-order valence-electron chi connectivity index (χ3n) is 13.0. The Bertz CT molecular complexity index is 982. The molecule has 0 aliphatic heterocycles. The summed E-state index contributed by atoms with van der Waals surface area (Å²) in [5.74, 6) is -0.0423. The van der Waals surface area contributed by atoms with E-state index in [0.717, 1.165) is 44.9 Å². The summed E-state index contributed by atoms with van der Waals surface area (Å²) < 4.78 is 5.47. The zero-order chi connectivity index (χ0) is 45.8. The van der Waals surface area contributed by atoms with E-state index < -0.39 is 12.1 Å². The largest absolute Gasteiger partial charge is 0.466 e. The standard InChI is InChI=1S/C57H109NO5/c1-3-5-7-9-11-13-15-16-28-31-35-39-43-47-51-57(62)63-52-48-44-40-36-32-29-26-24-22-20-18-17-19-21-23-25-27-30-34-38-42-46-50-56(61)58-54(53-59)55(60)49-45-41-37-33-14-12-10-8-6-4-2/h15-16,19,21,54-55,59-60H,3-14,17-18,20,22-53H2,1-2H3,(H,58,61)/b16-15-,21-19-. The topological polar surface area (TPSA) is 95.9 Å². The summed E-state index contributed by atoms with van der Waals surface area (Å²) in [4.78, 5) is 24.4. The van der Waals surface area contributed by atoms with E-state index >= 15 is 0 Å². The van der Waals surface area contributed by atoms with Crippen molar-refractivity contribution in [2.45, 2.75) is 315 Å². The van der Waals surface area contributed by atoms with Crippen molar-refractivity contribution in [2.24, 2.45) is 0 Å². The van der Waals surface area contributed by atoms with Gasteiger partial charge in [-0.3, -0.25) is 9.59 Å². The smallest absolute Gasteiger partial charge is 0.305 e. The lowest BCUT2D eigenvalue weighted by atomic mass is 10.0. The van der Waals surface area contributed by atoms with Crippen molar-refractivity contribution in [2.75, 3.05) is 13.2 Å². The molecule has 0 radical (unpaired) electrons. The lowest BCUT2D eigenvalue weighted by Crippen LogP contribution is -2.45. The Labute approximate surface area is 392 Å². The summed E-state index contributed by atoms with van der Waals surface area (Å²) in [5.41, 5.74) is 0. The first-order valence-electron chi connectivity index (χ1n) is 28.1. The number of nitrogens with one attached hydrogen (secondary N) is 1. The number of aliphatic hydroxyl groups is 2. The molecule has 0 aromatic heterocycles. The van der Waals surface area contributed by atoms with Crippen molar-refractivity contribution in [3.8, 4) is 0 Å². The van der Waals surface area contributed by atoms with Crippen molar-refractivity contribution in [3.63, 3.8) is 0 Å². The van der Waals surface area contributed by atoms with Crippen LogP contribution in [-0.4, -0.2) is 47.4 Å². The van der Waals surface area contributed by atoms with Gasteiger partial charge in [0.05, 0.1) is 25.4 Å². The van der Waals surface area contributed by atoms with Crippen molar-refractivity contribution >= 4 is 11.9 Å². The average Bonchev–Trinajstić information content (AvgIpc) is 3.28. The molecule has 0 saturated heterocycles. The molecule has 0 saturated carbocycles.